The van der Waals surface area contributed by atoms with Crippen molar-refractivity contribution < 1.29 is 18.7 Å². The lowest BCUT2D eigenvalue weighted by molar-refractivity contribution is 0.0812. The van der Waals surface area contributed by atoms with Crippen molar-refractivity contribution in [3.8, 4) is 5.75 Å². The second kappa shape index (κ2) is 8.29. The van der Waals surface area contributed by atoms with Crippen LogP contribution in [0.3, 0.4) is 0 Å². The van der Waals surface area contributed by atoms with Crippen molar-refractivity contribution in [2.45, 2.75) is 33.0 Å². The molecule has 26 heavy (non-hydrogen) atoms. The number of rotatable bonds is 8. The first kappa shape index (κ1) is 18.3. The molecule has 1 unspecified atom stereocenters. The average molecular weight is 375 g/mol. The number of carbonyl (C=O) groups is 1. The number of fused-ring (bicyclic) bond motifs is 1. The van der Waals surface area contributed by atoms with Crippen LogP contribution >= 0.6 is 11.3 Å². The SMILES string of the molecule is CCC(CNC(=O)c1coc(COc2ccc3sc(C)nc3c2)n1)OC. The minimum Gasteiger partial charge on any atom is -0.484 e. The largest absolute Gasteiger partial charge is 0.484 e. The number of aryl methyl sites for hydroxylation is 1. The number of nitrogens with one attached hydrogen (secondary N) is 1. The smallest absolute Gasteiger partial charge is 0.273 e. The summed E-state index contributed by atoms with van der Waals surface area (Å²) in [5, 5.41) is 3.79. The molecular formula is C18H21N3O4S. The molecule has 3 rings (SSSR count). The fourth-order valence-corrected chi connectivity index (χ4v) is 3.24. The summed E-state index contributed by atoms with van der Waals surface area (Å²) in [4.78, 5) is 20.7. The van der Waals surface area contributed by atoms with Gasteiger partial charge >= 0.3 is 0 Å². The lowest BCUT2D eigenvalue weighted by atomic mass is 10.2. The van der Waals surface area contributed by atoms with Gasteiger partial charge in [-0.3, -0.25) is 4.79 Å². The molecule has 0 aliphatic rings. The molecule has 8 heteroatoms. The third kappa shape index (κ3) is 4.39. The normalized spacial score (nSPS) is 12.3. The molecule has 0 radical (unpaired) electrons. The molecule has 1 N–H and O–H groups in total. The van der Waals surface area contributed by atoms with E-state index in [2.05, 4.69) is 15.3 Å². The maximum Gasteiger partial charge on any atom is 0.273 e. The highest BCUT2D eigenvalue weighted by molar-refractivity contribution is 7.18. The number of ether oxygens (including phenoxy) is 2. The average Bonchev–Trinajstić information content (AvgIpc) is 3.25. The van der Waals surface area contributed by atoms with Crippen LogP contribution in [0.5, 0.6) is 5.75 Å². The van der Waals surface area contributed by atoms with Crippen LogP contribution in [0.2, 0.25) is 0 Å². The number of nitrogens with zero attached hydrogens (tertiary/aromatic N) is 2. The van der Waals surface area contributed by atoms with Crippen molar-refractivity contribution in [2.24, 2.45) is 0 Å². The lowest BCUT2D eigenvalue weighted by Gasteiger charge is -2.12. The van der Waals surface area contributed by atoms with Crippen molar-refractivity contribution in [3.05, 3.63) is 41.1 Å². The quantitative estimate of drug-likeness (QED) is 0.650. The molecule has 1 amide bonds. The van der Waals surface area contributed by atoms with Crippen LogP contribution < -0.4 is 10.1 Å². The third-order valence-electron chi connectivity index (χ3n) is 3.89. The Bertz CT molecular complexity index is 886. The summed E-state index contributed by atoms with van der Waals surface area (Å²) in [7, 11) is 1.62. The van der Waals surface area contributed by atoms with Crippen LogP contribution in [0, 0.1) is 6.92 Å². The Morgan fingerprint density at radius 3 is 3.00 bits per heavy atom. The summed E-state index contributed by atoms with van der Waals surface area (Å²) in [6.07, 6.45) is 2.13. The minimum absolute atomic E-state index is 0.0158. The molecule has 1 atom stereocenters. The van der Waals surface area contributed by atoms with Crippen LogP contribution in [0.15, 0.2) is 28.9 Å². The second-order valence-corrected chi connectivity index (χ2v) is 6.99. The van der Waals surface area contributed by atoms with Crippen LogP contribution in [0.1, 0.15) is 34.7 Å². The Kier molecular flexibility index (Phi) is 5.85. The van der Waals surface area contributed by atoms with Crippen molar-refractivity contribution in [3.63, 3.8) is 0 Å². The fourth-order valence-electron chi connectivity index (χ4n) is 2.43. The highest BCUT2D eigenvalue weighted by Gasteiger charge is 2.14. The van der Waals surface area contributed by atoms with Crippen molar-refractivity contribution >= 4 is 27.5 Å². The van der Waals surface area contributed by atoms with Gasteiger partial charge in [-0.2, -0.15) is 0 Å². The molecule has 0 spiro atoms. The van der Waals surface area contributed by atoms with Gasteiger partial charge in [0, 0.05) is 19.7 Å². The fraction of sp³-hybridized carbons (Fsp3) is 0.389. The van der Waals surface area contributed by atoms with Crippen molar-refractivity contribution in [1.29, 1.82) is 0 Å². The number of hydrogen-bond donors (Lipinski definition) is 1. The van der Waals surface area contributed by atoms with Gasteiger partial charge in [-0.15, -0.1) is 11.3 Å². The Balaban J connectivity index is 1.56. The van der Waals surface area contributed by atoms with E-state index in [4.69, 9.17) is 13.9 Å². The molecule has 0 fully saturated rings. The molecule has 138 valence electrons. The van der Waals surface area contributed by atoms with Crippen molar-refractivity contribution in [2.75, 3.05) is 13.7 Å². The van der Waals surface area contributed by atoms with E-state index in [1.165, 1.54) is 6.26 Å². The predicted molar refractivity (Wildman–Crippen MR) is 98.6 cm³/mol. The van der Waals surface area contributed by atoms with Gasteiger partial charge in [0.05, 0.1) is 21.3 Å². The maximum atomic E-state index is 12.1. The summed E-state index contributed by atoms with van der Waals surface area (Å²) in [6, 6.07) is 5.74. The number of amides is 1. The van der Waals surface area contributed by atoms with Crippen molar-refractivity contribution in [1.82, 2.24) is 15.3 Å². The van der Waals surface area contributed by atoms with Crippen LogP contribution in [0.25, 0.3) is 10.2 Å². The molecule has 0 aliphatic carbocycles. The molecule has 3 aromatic rings. The number of hydrogen-bond acceptors (Lipinski definition) is 7. The van der Waals surface area contributed by atoms with Gasteiger partial charge in [0.15, 0.2) is 12.3 Å². The molecule has 7 nitrogen and oxygen atoms in total. The lowest BCUT2D eigenvalue weighted by Crippen LogP contribution is -2.33. The highest BCUT2D eigenvalue weighted by Crippen LogP contribution is 2.25. The first-order chi connectivity index (χ1) is 12.6. The van der Waals surface area contributed by atoms with Gasteiger partial charge in [0.2, 0.25) is 5.89 Å². The summed E-state index contributed by atoms with van der Waals surface area (Å²) >= 11 is 1.64. The van der Waals surface area contributed by atoms with E-state index >= 15 is 0 Å². The number of thiazole rings is 1. The molecule has 2 aromatic heterocycles. The zero-order chi connectivity index (χ0) is 18.5. The first-order valence-corrected chi connectivity index (χ1v) is 9.16. The number of oxazole rings is 1. The standard InChI is InChI=1S/C18H21N3O4S/c1-4-12(23-3)8-19-18(22)15-9-25-17(21-15)10-24-13-5-6-16-14(7-13)20-11(2)26-16/h5-7,9,12H,4,8,10H2,1-3H3,(H,19,22). The summed E-state index contributed by atoms with van der Waals surface area (Å²) < 4.78 is 17.4. The van der Waals surface area contributed by atoms with Gasteiger partial charge in [0.25, 0.3) is 5.91 Å². The molecule has 0 bridgehead atoms. The molecular weight excluding hydrogens is 354 g/mol. The van der Waals surface area contributed by atoms with E-state index in [0.29, 0.717) is 18.2 Å². The molecule has 2 heterocycles. The van der Waals surface area contributed by atoms with E-state index in [-0.39, 0.29) is 24.3 Å². The van der Waals surface area contributed by atoms with Crippen LogP contribution in [0.4, 0.5) is 0 Å². The first-order valence-electron chi connectivity index (χ1n) is 8.34. The highest BCUT2D eigenvalue weighted by atomic mass is 32.1. The van der Waals surface area contributed by atoms with E-state index in [9.17, 15) is 4.79 Å². The Labute approximate surface area is 155 Å². The van der Waals surface area contributed by atoms with E-state index in [0.717, 1.165) is 21.6 Å². The van der Waals surface area contributed by atoms with Gasteiger partial charge in [0.1, 0.15) is 12.0 Å². The van der Waals surface area contributed by atoms with E-state index < -0.39 is 0 Å². The van der Waals surface area contributed by atoms with Gasteiger partial charge in [-0.05, 0) is 25.5 Å². The number of aromatic nitrogens is 2. The van der Waals surface area contributed by atoms with Crippen LogP contribution in [-0.2, 0) is 11.3 Å². The van der Waals surface area contributed by atoms with E-state index in [1.807, 2.05) is 32.0 Å². The summed E-state index contributed by atoms with van der Waals surface area (Å²) in [5.74, 6) is 0.719. The zero-order valence-corrected chi connectivity index (χ0v) is 15.8. The molecule has 0 saturated carbocycles. The molecule has 0 aliphatic heterocycles. The Morgan fingerprint density at radius 1 is 1.38 bits per heavy atom. The van der Waals surface area contributed by atoms with Gasteiger partial charge in [-0.25, -0.2) is 9.97 Å². The monoisotopic (exact) mass is 375 g/mol. The van der Waals surface area contributed by atoms with E-state index in [1.54, 1.807) is 18.4 Å². The third-order valence-corrected chi connectivity index (χ3v) is 4.84. The maximum absolute atomic E-state index is 12.1. The molecule has 1 aromatic carbocycles. The molecule has 0 saturated heterocycles. The second-order valence-electron chi connectivity index (χ2n) is 5.75. The number of carbonyl (C=O) groups excluding carboxylic acids is 1. The number of methoxy groups -OCH3 is 1. The van der Waals surface area contributed by atoms with Gasteiger partial charge < -0.3 is 19.2 Å². The zero-order valence-electron chi connectivity index (χ0n) is 14.9. The summed E-state index contributed by atoms with van der Waals surface area (Å²) in [6.45, 7) is 4.53. The minimum atomic E-state index is -0.296. The predicted octanol–water partition coefficient (Wildman–Crippen LogP) is 3.33. The Morgan fingerprint density at radius 2 is 2.23 bits per heavy atom. The topological polar surface area (TPSA) is 86.5 Å². The van der Waals surface area contributed by atoms with Crippen LogP contribution in [-0.4, -0.2) is 35.6 Å². The summed E-state index contributed by atoms with van der Waals surface area (Å²) in [5.41, 5.74) is 1.13. The number of benzene rings is 1. The van der Waals surface area contributed by atoms with Gasteiger partial charge in [-0.1, -0.05) is 6.92 Å². The Hall–Kier alpha value is -2.45.